The molecule has 0 saturated carbocycles. The lowest BCUT2D eigenvalue weighted by molar-refractivity contribution is -0.319. The number of aliphatic hydroxyl groups is 3. The monoisotopic (exact) mass is 1120 g/mol. The highest BCUT2D eigenvalue weighted by atomic mass is 32.2. The van der Waals surface area contributed by atoms with Crippen LogP contribution < -0.4 is 5.32 Å². The molecule has 18 atom stereocenters. The van der Waals surface area contributed by atoms with Crippen molar-refractivity contribution in [1.29, 1.82) is 0 Å². The number of cyclic esters (lactones) is 1. The van der Waals surface area contributed by atoms with Crippen LogP contribution in [0.2, 0.25) is 0 Å². The summed E-state index contributed by atoms with van der Waals surface area (Å²) in [4.78, 5) is 30.1. The number of likely N-dealkylation sites (N-methyl/N-ethyl adjacent to an activating group) is 1. The van der Waals surface area contributed by atoms with Crippen LogP contribution in [0.15, 0.2) is 58.8 Å². The number of aromatic nitrogens is 3. The molecule has 1 aromatic heterocycles. The van der Waals surface area contributed by atoms with Crippen LogP contribution in [-0.4, -0.2) is 187 Å². The fourth-order valence-corrected chi connectivity index (χ4v) is 12.6. The minimum atomic E-state index is -3.39. The smallest absolute Gasteiger partial charge is 0.311 e. The SMILES string of the molecule is C=C1CO[C@@H]2[C@@H](C)C(NC(C)=O)=C(C)C[C@@](C)(OC1)[C@H](O[C@@H]1O[C@H](C)C[C@H](N(C)CCc3cn([C@H](CF)Cc4ccc(S(C)(=O)=O)cc4)nn3)[C@H]1O)[C@@H](C)[C@H](O[C@H]1C[C@@](C)(OC)[C@@H](O)[C@H](C)O1)[C@@H](C)C(=O)O[C@H](CC)[C@@]2(C)O. The predicted molar refractivity (Wildman–Crippen MR) is 286 cm³/mol. The minimum absolute atomic E-state index is 0.0405. The summed E-state index contributed by atoms with van der Waals surface area (Å²) in [6, 6.07) is 5.14. The molecule has 0 unspecified atom stereocenters. The lowest BCUT2D eigenvalue weighted by Gasteiger charge is -2.50. The Morgan fingerprint density at radius 2 is 1.74 bits per heavy atom. The molecule has 4 N–H and O–H groups in total. The number of aliphatic hydroxyl groups excluding tert-OH is 2. The van der Waals surface area contributed by atoms with Gasteiger partial charge in [0.15, 0.2) is 22.4 Å². The molecule has 20 nitrogen and oxygen atoms in total. The van der Waals surface area contributed by atoms with Crippen molar-refractivity contribution in [2.45, 2.75) is 210 Å². The van der Waals surface area contributed by atoms with Gasteiger partial charge in [0.05, 0.1) is 77.5 Å². The molecule has 4 aliphatic rings. The molecule has 440 valence electrons. The molecule has 2 saturated heterocycles. The molecule has 5 heterocycles. The van der Waals surface area contributed by atoms with Gasteiger partial charge >= 0.3 is 5.97 Å². The summed E-state index contributed by atoms with van der Waals surface area (Å²) < 4.78 is 92.8. The van der Waals surface area contributed by atoms with Crippen LogP contribution in [0.5, 0.6) is 0 Å². The second kappa shape index (κ2) is 26.0. The molecule has 4 aliphatic heterocycles. The van der Waals surface area contributed by atoms with Crippen molar-refractivity contribution >= 4 is 21.7 Å². The van der Waals surface area contributed by atoms with Crippen molar-refractivity contribution < 1.29 is 75.6 Å². The Labute approximate surface area is 460 Å². The number of sulfone groups is 1. The second-order valence-electron chi connectivity index (χ2n) is 23.2. The van der Waals surface area contributed by atoms with Gasteiger partial charge in [0, 0.05) is 75.9 Å². The first-order chi connectivity index (χ1) is 36.5. The highest BCUT2D eigenvalue weighted by molar-refractivity contribution is 7.90. The number of ether oxygens (including phenoxy) is 8. The Morgan fingerprint density at radius 3 is 2.36 bits per heavy atom. The minimum Gasteiger partial charge on any atom is -0.459 e. The van der Waals surface area contributed by atoms with Crippen LogP contribution in [0.1, 0.15) is 119 Å². The molecule has 0 radical (unpaired) electrons. The first-order valence-electron chi connectivity index (χ1n) is 27.3. The maximum Gasteiger partial charge on any atom is 0.311 e. The summed E-state index contributed by atoms with van der Waals surface area (Å²) in [5, 5.41) is 48.0. The fourth-order valence-electron chi connectivity index (χ4n) is 11.9. The number of esters is 1. The van der Waals surface area contributed by atoms with Gasteiger partial charge in [-0.05, 0) is 98.0 Å². The first kappa shape index (κ1) is 63.4. The number of alkyl halides is 1. The number of nitrogens with zero attached hydrogens (tertiary/aromatic N) is 4. The van der Waals surface area contributed by atoms with Crippen LogP contribution >= 0.6 is 0 Å². The molecule has 2 fully saturated rings. The lowest BCUT2D eigenvalue weighted by Crippen LogP contribution is -2.61. The molecule has 2 bridgehead atoms. The number of hydrogen-bond donors (Lipinski definition) is 4. The van der Waals surface area contributed by atoms with E-state index in [4.69, 9.17) is 37.9 Å². The fraction of sp³-hybridized carbons (Fsp3) is 0.750. The average molecular weight is 1120 g/mol. The number of carbonyl (C=O) groups excluding carboxylic acids is 2. The van der Waals surface area contributed by atoms with Gasteiger partial charge in [0.1, 0.15) is 30.6 Å². The molecule has 1 aromatic carbocycles. The second-order valence-corrected chi connectivity index (χ2v) is 25.2. The van der Waals surface area contributed by atoms with Gasteiger partial charge in [-0.2, -0.15) is 0 Å². The van der Waals surface area contributed by atoms with Gasteiger partial charge in [0.25, 0.3) is 0 Å². The number of halogens is 1. The summed E-state index contributed by atoms with van der Waals surface area (Å²) in [6.07, 6.45) is -5.78. The zero-order chi connectivity index (χ0) is 57.8. The molecule has 0 spiro atoms. The van der Waals surface area contributed by atoms with Crippen molar-refractivity contribution in [3.05, 3.63) is 65.1 Å². The van der Waals surface area contributed by atoms with Crippen molar-refractivity contribution in [2.24, 2.45) is 17.8 Å². The quantitative estimate of drug-likeness (QED) is 0.128. The van der Waals surface area contributed by atoms with Gasteiger partial charge in [-0.1, -0.05) is 50.3 Å². The molecule has 6 rings (SSSR count). The van der Waals surface area contributed by atoms with Crippen LogP contribution in [0, 0.1) is 17.8 Å². The van der Waals surface area contributed by atoms with Gasteiger partial charge < -0.3 is 63.4 Å². The number of benzene rings is 1. The Kier molecular flexibility index (Phi) is 21.1. The van der Waals surface area contributed by atoms with Crippen LogP contribution in [0.3, 0.4) is 0 Å². The Balaban J connectivity index is 1.38. The van der Waals surface area contributed by atoms with Crippen LogP contribution in [0.4, 0.5) is 4.39 Å². The third-order valence-corrected chi connectivity index (χ3v) is 17.7. The lowest BCUT2D eigenvalue weighted by atomic mass is 9.76. The van der Waals surface area contributed by atoms with E-state index in [1.165, 1.54) is 30.8 Å². The van der Waals surface area contributed by atoms with Crippen molar-refractivity contribution in [3.8, 4) is 0 Å². The molecule has 78 heavy (non-hydrogen) atoms. The highest BCUT2D eigenvalue weighted by Gasteiger charge is 2.54. The van der Waals surface area contributed by atoms with E-state index in [0.717, 1.165) is 11.8 Å². The Hall–Kier alpha value is -3.78. The van der Waals surface area contributed by atoms with E-state index in [9.17, 15) is 37.7 Å². The molecule has 22 heteroatoms. The normalized spacial score (nSPS) is 37.3. The standard InChI is InChI=1S/C56H88FN5O15S/c1-16-44-56(12,67)51-34(5)46(58-38(9)63)32(3)25-55(11,72-30-31(2)29-71-51)50(35(6)48(36(7)52(66)75-44)76-45-26-54(10,70-14)49(65)37(8)74-45)77-53-47(64)43(23-33(4)73-53)61(13)22-21-40-28-62(60-59-40)41(27-57)24-39-17-19-42(20-18-39)78(15,68)69/h17-20,28,33-37,41,43-45,47-51,53,64-65,67H,2,16,21-27,29-30H2,1,3-15H3,(H,58,63)/t33-,34+,35+,36-,37+,41+,43+,44-,45+,47-,48+,49+,50-,51-,53+,54-,55-,56-/m1/s1. The Bertz CT molecular complexity index is 2510. The average Bonchev–Trinajstić information content (AvgIpc) is 3.90. The Morgan fingerprint density at radius 1 is 1.06 bits per heavy atom. The van der Waals surface area contributed by atoms with E-state index in [1.54, 1.807) is 52.9 Å². The van der Waals surface area contributed by atoms with Crippen LogP contribution in [0.25, 0.3) is 0 Å². The first-order valence-corrected chi connectivity index (χ1v) is 29.2. The summed E-state index contributed by atoms with van der Waals surface area (Å²) in [6.45, 7) is 23.1. The van der Waals surface area contributed by atoms with Gasteiger partial charge in [-0.3, -0.25) is 9.59 Å². The third-order valence-electron chi connectivity index (χ3n) is 16.6. The molecular weight excluding hydrogens is 1030 g/mol. The zero-order valence-electron chi connectivity index (χ0n) is 48.1. The largest absolute Gasteiger partial charge is 0.459 e. The van der Waals surface area contributed by atoms with Gasteiger partial charge in [0.2, 0.25) is 5.91 Å². The molecule has 2 aromatic rings. The summed E-state index contributed by atoms with van der Waals surface area (Å²) in [5.41, 5.74) is -1.29. The summed E-state index contributed by atoms with van der Waals surface area (Å²) in [7, 11) is -0.00724. The van der Waals surface area contributed by atoms with Crippen molar-refractivity contribution in [3.63, 3.8) is 0 Å². The predicted octanol–water partition coefficient (Wildman–Crippen LogP) is 4.97. The maximum atomic E-state index is 14.9. The molecular formula is C56H88FN5O15S. The van der Waals surface area contributed by atoms with Gasteiger partial charge in [-0.15, -0.1) is 5.10 Å². The number of amides is 1. The summed E-state index contributed by atoms with van der Waals surface area (Å²) >= 11 is 0. The third kappa shape index (κ3) is 14.6. The number of methoxy groups -OCH3 is 1. The maximum absolute atomic E-state index is 14.9. The molecule has 1 amide bonds. The number of nitrogens with one attached hydrogen (secondary N) is 1. The number of fused-ring (bicyclic) bond motifs is 4. The molecule has 0 aliphatic carbocycles. The summed E-state index contributed by atoms with van der Waals surface area (Å²) in [5.74, 6) is -3.63. The zero-order valence-corrected chi connectivity index (χ0v) is 49.0. The van der Waals surface area contributed by atoms with E-state index >= 15 is 0 Å². The van der Waals surface area contributed by atoms with E-state index in [-0.39, 0.29) is 49.7 Å². The van der Waals surface area contributed by atoms with Crippen molar-refractivity contribution in [2.75, 3.05) is 46.8 Å². The van der Waals surface area contributed by atoms with E-state index in [0.29, 0.717) is 41.9 Å². The number of rotatable bonds is 16. The number of carbonyl (C=O) groups is 2. The van der Waals surface area contributed by atoms with Crippen LogP contribution in [-0.2, 0) is 70.2 Å². The van der Waals surface area contributed by atoms with E-state index < -0.39 is 131 Å². The van der Waals surface area contributed by atoms with E-state index in [1.807, 2.05) is 46.6 Å². The highest BCUT2D eigenvalue weighted by Crippen LogP contribution is 2.43. The van der Waals surface area contributed by atoms with Crippen molar-refractivity contribution in [1.82, 2.24) is 25.2 Å². The van der Waals surface area contributed by atoms with Gasteiger partial charge in [-0.25, -0.2) is 17.5 Å². The topological polar surface area (TPSA) is 249 Å². The van der Waals surface area contributed by atoms with E-state index in [2.05, 4.69) is 22.2 Å². The number of hydrogen-bond acceptors (Lipinski definition) is 18.